The smallest absolute Gasteiger partial charge is 0.134 e. The molecule has 0 aromatic heterocycles. The summed E-state index contributed by atoms with van der Waals surface area (Å²) in [7, 11) is -1.43. The van der Waals surface area contributed by atoms with Gasteiger partial charge in [-0.25, -0.2) is 4.39 Å². The van der Waals surface area contributed by atoms with Gasteiger partial charge in [0.25, 0.3) is 0 Å². The zero-order valence-corrected chi connectivity index (χ0v) is 13.1. The van der Waals surface area contributed by atoms with Crippen molar-refractivity contribution in [2.45, 2.75) is 21.9 Å². The fraction of sp³-hybridized carbons (Fsp3) is 0.200. The molecule has 0 aliphatic carbocycles. The van der Waals surface area contributed by atoms with E-state index in [4.69, 9.17) is 23.2 Å². The van der Waals surface area contributed by atoms with E-state index in [9.17, 15) is 8.60 Å². The van der Waals surface area contributed by atoms with Crippen LogP contribution in [-0.2, 0) is 10.8 Å². The lowest BCUT2D eigenvalue weighted by molar-refractivity contribution is 0.627. The van der Waals surface area contributed by atoms with E-state index >= 15 is 0 Å². The Kier molecular flexibility index (Phi) is 5.19. The molecule has 0 N–H and O–H groups in total. The number of halogens is 3. The van der Waals surface area contributed by atoms with E-state index in [-0.39, 0.29) is 5.82 Å². The summed E-state index contributed by atoms with van der Waals surface area (Å²) in [4.78, 5) is 0.628. The number of hydrogen-bond acceptors (Lipinski definition) is 1. The van der Waals surface area contributed by atoms with Crippen molar-refractivity contribution in [2.75, 3.05) is 0 Å². The van der Waals surface area contributed by atoms with Crippen LogP contribution in [0.1, 0.15) is 16.5 Å². The SMILES string of the molecule is Cc1ccc(S(=O)[C@H](Cl)[C@H](Cl)c2ccc(F)cc2)cc1. The Bertz CT molecular complexity index is 598. The Morgan fingerprint density at radius 3 is 2.10 bits per heavy atom. The summed E-state index contributed by atoms with van der Waals surface area (Å²) in [6.07, 6.45) is 0. The van der Waals surface area contributed by atoms with E-state index in [0.717, 1.165) is 5.56 Å². The summed E-state index contributed by atoms with van der Waals surface area (Å²) >= 11 is 12.4. The average molecular weight is 331 g/mol. The fourth-order valence-electron chi connectivity index (χ4n) is 1.71. The minimum Gasteiger partial charge on any atom is -0.253 e. The third-order valence-corrected chi connectivity index (χ3v) is 5.81. The molecule has 3 atom stereocenters. The molecule has 5 heteroatoms. The Labute approximate surface area is 130 Å². The van der Waals surface area contributed by atoms with Crippen LogP contribution >= 0.6 is 23.2 Å². The van der Waals surface area contributed by atoms with Crippen LogP contribution in [0.4, 0.5) is 4.39 Å². The van der Waals surface area contributed by atoms with E-state index in [1.807, 2.05) is 19.1 Å². The van der Waals surface area contributed by atoms with Crippen LogP contribution in [0.2, 0.25) is 0 Å². The number of aryl methyl sites for hydroxylation is 1. The van der Waals surface area contributed by atoms with Crippen molar-refractivity contribution in [3.63, 3.8) is 0 Å². The monoisotopic (exact) mass is 330 g/mol. The molecule has 2 aromatic rings. The van der Waals surface area contributed by atoms with E-state index in [2.05, 4.69) is 0 Å². The maximum absolute atomic E-state index is 12.9. The van der Waals surface area contributed by atoms with E-state index < -0.39 is 20.9 Å². The van der Waals surface area contributed by atoms with Crippen LogP contribution in [-0.4, -0.2) is 8.92 Å². The van der Waals surface area contributed by atoms with Gasteiger partial charge in [0.05, 0.1) is 16.2 Å². The zero-order chi connectivity index (χ0) is 14.7. The van der Waals surface area contributed by atoms with Crippen LogP contribution in [0.5, 0.6) is 0 Å². The van der Waals surface area contributed by atoms with Gasteiger partial charge in [0.2, 0.25) is 0 Å². The van der Waals surface area contributed by atoms with Crippen molar-refractivity contribution < 1.29 is 8.60 Å². The first-order valence-corrected chi connectivity index (χ1v) is 8.08. The molecule has 0 heterocycles. The highest BCUT2D eigenvalue weighted by atomic mass is 35.5. The second-order valence-electron chi connectivity index (χ2n) is 4.41. The average Bonchev–Trinajstić information content (AvgIpc) is 2.46. The van der Waals surface area contributed by atoms with Gasteiger partial charge in [-0.3, -0.25) is 4.21 Å². The second-order valence-corrected chi connectivity index (χ2v) is 7.19. The van der Waals surface area contributed by atoms with Crippen LogP contribution < -0.4 is 0 Å². The third-order valence-electron chi connectivity index (χ3n) is 2.88. The zero-order valence-electron chi connectivity index (χ0n) is 10.7. The summed E-state index contributed by atoms with van der Waals surface area (Å²) < 4.78 is 24.4. The van der Waals surface area contributed by atoms with E-state index in [0.29, 0.717) is 10.5 Å². The van der Waals surface area contributed by atoms with E-state index in [1.165, 1.54) is 12.1 Å². The number of hydrogen-bond donors (Lipinski definition) is 0. The highest BCUT2D eigenvalue weighted by Gasteiger charge is 2.25. The minimum atomic E-state index is -1.43. The molecule has 20 heavy (non-hydrogen) atoms. The van der Waals surface area contributed by atoms with Crippen LogP contribution in [0, 0.1) is 12.7 Å². The van der Waals surface area contributed by atoms with Crippen LogP contribution in [0.3, 0.4) is 0 Å². The quantitative estimate of drug-likeness (QED) is 0.737. The lowest BCUT2D eigenvalue weighted by atomic mass is 10.2. The summed E-state index contributed by atoms with van der Waals surface area (Å²) in [6, 6.07) is 13.0. The lowest BCUT2D eigenvalue weighted by Gasteiger charge is -2.16. The number of benzene rings is 2. The molecule has 0 bridgehead atoms. The Hall–Kier alpha value is -0.900. The van der Waals surface area contributed by atoms with Gasteiger partial charge >= 0.3 is 0 Å². The maximum atomic E-state index is 12.9. The van der Waals surface area contributed by atoms with Gasteiger partial charge in [-0.15, -0.1) is 23.2 Å². The molecular weight excluding hydrogens is 318 g/mol. The Balaban J connectivity index is 2.17. The van der Waals surface area contributed by atoms with Gasteiger partial charge < -0.3 is 0 Å². The fourth-order valence-corrected chi connectivity index (χ4v) is 3.63. The molecule has 0 aliphatic rings. The normalized spacial score (nSPS) is 15.6. The lowest BCUT2D eigenvalue weighted by Crippen LogP contribution is -2.14. The topological polar surface area (TPSA) is 17.1 Å². The van der Waals surface area contributed by atoms with Gasteiger partial charge in [-0.05, 0) is 36.8 Å². The van der Waals surface area contributed by atoms with Crippen molar-refractivity contribution in [1.82, 2.24) is 0 Å². The summed E-state index contributed by atoms with van der Waals surface area (Å²) in [6.45, 7) is 1.95. The van der Waals surface area contributed by atoms with Gasteiger partial charge in [0.1, 0.15) is 10.5 Å². The predicted molar refractivity (Wildman–Crippen MR) is 82.2 cm³/mol. The molecule has 0 saturated carbocycles. The maximum Gasteiger partial charge on any atom is 0.134 e. The first-order valence-electron chi connectivity index (χ1n) is 6.00. The molecule has 1 unspecified atom stereocenters. The van der Waals surface area contributed by atoms with Gasteiger partial charge in [0.15, 0.2) is 0 Å². The molecular formula is C15H13Cl2FOS. The third kappa shape index (κ3) is 3.60. The highest BCUT2D eigenvalue weighted by Crippen LogP contribution is 2.32. The van der Waals surface area contributed by atoms with Gasteiger partial charge in [0, 0.05) is 4.90 Å². The van der Waals surface area contributed by atoms with Crippen LogP contribution in [0.15, 0.2) is 53.4 Å². The highest BCUT2D eigenvalue weighted by molar-refractivity contribution is 7.87. The number of alkyl halides is 2. The summed E-state index contributed by atoms with van der Waals surface area (Å²) in [5.74, 6) is -0.344. The van der Waals surface area contributed by atoms with Crippen LogP contribution in [0.25, 0.3) is 0 Å². The molecule has 0 fully saturated rings. The van der Waals surface area contributed by atoms with Gasteiger partial charge in [-0.2, -0.15) is 0 Å². The molecule has 1 nitrogen and oxygen atoms in total. The molecule has 0 spiro atoms. The first-order chi connectivity index (χ1) is 9.49. The second kappa shape index (κ2) is 6.70. The molecule has 0 radical (unpaired) electrons. The van der Waals surface area contributed by atoms with Crippen molar-refractivity contribution in [1.29, 1.82) is 0 Å². The van der Waals surface area contributed by atoms with Crippen molar-refractivity contribution >= 4 is 34.0 Å². The van der Waals surface area contributed by atoms with E-state index in [1.54, 1.807) is 24.3 Å². The van der Waals surface area contributed by atoms with Crippen molar-refractivity contribution in [3.05, 3.63) is 65.5 Å². The predicted octanol–water partition coefficient (Wildman–Crippen LogP) is 4.79. The number of rotatable bonds is 4. The molecule has 0 amide bonds. The summed E-state index contributed by atoms with van der Waals surface area (Å²) in [5.41, 5.74) is 1.73. The summed E-state index contributed by atoms with van der Waals surface area (Å²) in [5, 5.41) is -0.653. The first kappa shape index (κ1) is 15.5. The van der Waals surface area contributed by atoms with Crippen molar-refractivity contribution in [2.24, 2.45) is 0 Å². The van der Waals surface area contributed by atoms with Gasteiger partial charge in [-0.1, -0.05) is 29.8 Å². The molecule has 2 aromatic carbocycles. The molecule has 0 aliphatic heterocycles. The largest absolute Gasteiger partial charge is 0.253 e. The Morgan fingerprint density at radius 1 is 1.00 bits per heavy atom. The molecule has 0 saturated heterocycles. The van der Waals surface area contributed by atoms with Crippen molar-refractivity contribution in [3.8, 4) is 0 Å². The minimum absolute atomic E-state index is 0.344. The Morgan fingerprint density at radius 2 is 1.55 bits per heavy atom. The molecule has 106 valence electrons. The standard InChI is InChI=1S/C15H13Cl2FOS/c1-10-2-8-13(9-3-10)20(19)15(17)14(16)11-4-6-12(18)7-5-11/h2-9,14-15H,1H3/t14-,15+,20?/m1/s1. The molecule has 2 rings (SSSR count).